The minimum absolute atomic E-state index is 0.0539. The molecule has 204 valence electrons. The molecular formula is C25H40FNO7P2. The van der Waals surface area contributed by atoms with Crippen LogP contribution in [0.1, 0.15) is 57.3 Å². The number of nitrogens with zero attached hydrogens (tertiary/aromatic N) is 1. The number of benzene rings is 1. The molecule has 0 unspecified atom stereocenters. The summed E-state index contributed by atoms with van der Waals surface area (Å²) in [5.41, 5.74) is 0.543. The zero-order valence-electron chi connectivity index (χ0n) is 21.8. The number of rotatable bonds is 16. The lowest BCUT2D eigenvalue weighted by atomic mass is 9.89. The highest BCUT2D eigenvalue weighted by Gasteiger charge is 2.50. The molecule has 0 N–H and O–H groups in total. The Morgan fingerprint density at radius 1 is 0.917 bits per heavy atom. The molecule has 36 heavy (non-hydrogen) atoms. The molecule has 0 atom stereocenters. The van der Waals surface area contributed by atoms with Gasteiger partial charge < -0.3 is 18.1 Å². The van der Waals surface area contributed by atoms with E-state index in [0.29, 0.717) is 12.1 Å². The molecule has 0 amide bonds. The third-order valence-electron chi connectivity index (χ3n) is 5.93. The van der Waals surface area contributed by atoms with Crippen molar-refractivity contribution in [2.24, 2.45) is 5.92 Å². The Balaban J connectivity index is 2.01. The van der Waals surface area contributed by atoms with Gasteiger partial charge in [-0.15, -0.1) is 0 Å². The van der Waals surface area contributed by atoms with E-state index in [1.807, 2.05) is 12.2 Å². The monoisotopic (exact) mass is 547 g/mol. The van der Waals surface area contributed by atoms with Crippen LogP contribution in [0.15, 0.2) is 36.4 Å². The maximum Gasteiger partial charge on any atom is 0.346 e. The number of carbonyl (C=O) groups excluding carboxylic acids is 1. The van der Waals surface area contributed by atoms with Crippen LogP contribution in [0.5, 0.6) is 0 Å². The van der Waals surface area contributed by atoms with Crippen molar-refractivity contribution >= 4 is 21.0 Å². The number of halogens is 1. The van der Waals surface area contributed by atoms with Gasteiger partial charge in [0.05, 0.1) is 26.4 Å². The molecule has 0 spiro atoms. The van der Waals surface area contributed by atoms with Crippen molar-refractivity contribution in [1.29, 1.82) is 0 Å². The van der Waals surface area contributed by atoms with Crippen molar-refractivity contribution in [3.8, 4) is 0 Å². The highest BCUT2D eigenvalue weighted by molar-refractivity contribution is 7.72. The summed E-state index contributed by atoms with van der Waals surface area (Å²) in [6, 6.07) is 5.70. The van der Waals surface area contributed by atoms with Crippen molar-refractivity contribution in [3.05, 3.63) is 47.8 Å². The first-order valence-electron chi connectivity index (χ1n) is 12.7. The number of ketones is 1. The topological polar surface area (TPSA) is 91.4 Å². The van der Waals surface area contributed by atoms with Crippen molar-refractivity contribution in [2.45, 2.75) is 52.4 Å². The predicted octanol–water partition coefficient (Wildman–Crippen LogP) is 6.53. The fourth-order valence-corrected chi connectivity index (χ4v) is 9.46. The summed E-state index contributed by atoms with van der Waals surface area (Å²) in [6.07, 6.45) is 5.34. The Morgan fingerprint density at radius 2 is 1.39 bits per heavy atom. The standard InChI is InChI=1S/C25H40FNO7P2/c1-5-31-35(29,32-6-2)24(36(30,33-7-3)34-8-4)11-9-10-18-27-19-16-22(17-20-27)25(28)21-12-14-23(26)15-13-21/h9-10,12-15,22,24H,5-8,11,16-20H2,1-4H3/b10-9+. The molecule has 2 rings (SSSR count). The normalized spacial score (nSPS) is 16.3. The van der Waals surface area contributed by atoms with Crippen molar-refractivity contribution in [3.63, 3.8) is 0 Å². The van der Waals surface area contributed by atoms with E-state index in [4.69, 9.17) is 18.1 Å². The van der Waals surface area contributed by atoms with E-state index in [9.17, 15) is 18.3 Å². The molecule has 1 aliphatic rings. The average molecular weight is 548 g/mol. The van der Waals surface area contributed by atoms with E-state index in [0.717, 1.165) is 25.9 Å². The van der Waals surface area contributed by atoms with Crippen LogP contribution in [0.4, 0.5) is 4.39 Å². The zero-order valence-corrected chi connectivity index (χ0v) is 23.6. The van der Waals surface area contributed by atoms with Crippen LogP contribution in [0.25, 0.3) is 0 Å². The number of Topliss-reactive ketones (excluding diaryl/α,β-unsaturated/α-hetero) is 1. The molecule has 1 fully saturated rings. The molecule has 1 aromatic carbocycles. The highest BCUT2D eigenvalue weighted by Crippen LogP contribution is 2.71. The van der Waals surface area contributed by atoms with Gasteiger partial charge in [0, 0.05) is 18.0 Å². The van der Waals surface area contributed by atoms with E-state index in [-0.39, 0.29) is 50.4 Å². The second kappa shape index (κ2) is 15.3. The first kappa shape index (κ1) is 31.0. The number of hydrogen-bond acceptors (Lipinski definition) is 8. The summed E-state index contributed by atoms with van der Waals surface area (Å²) in [5.74, 6) is -0.377. The molecule has 8 nitrogen and oxygen atoms in total. The highest BCUT2D eigenvalue weighted by atomic mass is 31.2. The molecule has 1 aromatic rings. The third-order valence-corrected chi connectivity index (χ3v) is 12.0. The van der Waals surface area contributed by atoms with Gasteiger partial charge in [0.15, 0.2) is 11.2 Å². The van der Waals surface area contributed by atoms with Crippen LogP contribution >= 0.6 is 15.2 Å². The largest absolute Gasteiger partial charge is 0.346 e. The maximum atomic E-state index is 13.6. The van der Waals surface area contributed by atoms with Crippen LogP contribution in [-0.4, -0.2) is 62.1 Å². The Kier molecular flexibility index (Phi) is 13.2. The van der Waals surface area contributed by atoms with Crippen LogP contribution in [-0.2, 0) is 27.2 Å². The zero-order chi connectivity index (χ0) is 26.6. The second-order valence-electron chi connectivity index (χ2n) is 8.38. The van der Waals surface area contributed by atoms with Gasteiger partial charge in [-0.05, 0) is 84.3 Å². The Hall–Kier alpha value is -1.18. The van der Waals surface area contributed by atoms with Gasteiger partial charge in [0.25, 0.3) is 0 Å². The van der Waals surface area contributed by atoms with Crippen molar-refractivity contribution < 1.29 is 36.4 Å². The summed E-state index contributed by atoms with van der Waals surface area (Å²) < 4.78 is 62.3. The Morgan fingerprint density at radius 3 is 1.83 bits per heavy atom. The van der Waals surface area contributed by atoms with Crippen LogP contribution in [0, 0.1) is 11.7 Å². The van der Waals surface area contributed by atoms with Gasteiger partial charge in [-0.25, -0.2) is 4.39 Å². The van der Waals surface area contributed by atoms with Gasteiger partial charge in [0.1, 0.15) is 5.82 Å². The lowest BCUT2D eigenvalue weighted by Crippen LogP contribution is -2.36. The molecule has 0 aromatic heterocycles. The van der Waals surface area contributed by atoms with Crippen LogP contribution in [0.2, 0.25) is 0 Å². The van der Waals surface area contributed by atoms with Gasteiger partial charge in [-0.1, -0.05) is 12.2 Å². The first-order valence-corrected chi connectivity index (χ1v) is 15.9. The number of piperidine rings is 1. The average Bonchev–Trinajstić information content (AvgIpc) is 2.85. The van der Waals surface area contributed by atoms with Crippen LogP contribution < -0.4 is 0 Å². The Bertz CT molecular complexity index is 883. The van der Waals surface area contributed by atoms with E-state index in [1.54, 1.807) is 27.7 Å². The molecule has 0 saturated carbocycles. The third kappa shape index (κ3) is 8.70. The predicted molar refractivity (Wildman–Crippen MR) is 139 cm³/mol. The summed E-state index contributed by atoms with van der Waals surface area (Å²) >= 11 is 0. The smallest absolute Gasteiger partial charge is 0.308 e. The molecule has 0 aliphatic carbocycles. The molecule has 11 heteroatoms. The number of likely N-dealkylation sites (tertiary alicyclic amines) is 1. The van der Waals surface area contributed by atoms with Crippen molar-refractivity contribution in [1.82, 2.24) is 4.90 Å². The molecule has 1 aliphatic heterocycles. The quantitative estimate of drug-likeness (QED) is 0.131. The summed E-state index contributed by atoms with van der Waals surface area (Å²) in [6.45, 7) is 9.50. The van der Waals surface area contributed by atoms with E-state index in [2.05, 4.69) is 4.90 Å². The Labute approximate surface area is 214 Å². The minimum Gasteiger partial charge on any atom is -0.308 e. The summed E-state index contributed by atoms with van der Waals surface area (Å²) in [4.78, 5) is 14.9. The fourth-order valence-electron chi connectivity index (χ4n) is 4.24. The van der Waals surface area contributed by atoms with Gasteiger partial charge in [0.2, 0.25) is 0 Å². The molecule has 1 saturated heterocycles. The second-order valence-corrected chi connectivity index (χ2v) is 13.2. The lowest BCUT2D eigenvalue weighted by Gasteiger charge is -2.31. The fraction of sp³-hybridized carbons (Fsp3) is 0.640. The maximum absolute atomic E-state index is 13.6. The number of hydrogen-bond donors (Lipinski definition) is 0. The molecule has 0 radical (unpaired) electrons. The van der Waals surface area contributed by atoms with E-state index < -0.39 is 20.6 Å². The summed E-state index contributed by atoms with van der Waals surface area (Å²) in [5, 5.41) is -1.07. The SMILES string of the molecule is CCOP(=O)(OCC)C(C/C=C/CN1CCC(C(=O)c2ccc(F)cc2)CC1)P(=O)(OCC)OCC. The number of allylic oxidation sites excluding steroid dienone is 1. The number of carbonyl (C=O) groups is 1. The van der Waals surface area contributed by atoms with Crippen LogP contribution in [0.3, 0.4) is 0 Å². The first-order chi connectivity index (χ1) is 17.2. The van der Waals surface area contributed by atoms with E-state index >= 15 is 0 Å². The van der Waals surface area contributed by atoms with Gasteiger partial charge in [-0.2, -0.15) is 0 Å². The van der Waals surface area contributed by atoms with Gasteiger partial charge in [-0.3, -0.25) is 18.8 Å². The molecular weight excluding hydrogens is 507 g/mol. The molecule has 1 heterocycles. The molecule has 0 bridgehead atoms. The van der Waals surface area contributed by atoms with Crippen molar-refractivity contribution in [2.75, 3.05) is 46.1 Å². The minimum atomic E-state index is -3.77. The van der Waals surface area contributed by atoms with E-state index in [1.165, 1.54) is 24.3 Å². The summed E-state index contributed by atoms with van der Waals surface area (Å²) in [7, 11) is -7.55. The van der Waals surface area contributed by atoms with Gasteiger partial charge >= 0.3 is 15.2 Å². The lowest BCUT2D eigenvalue weighted by molar-refractivity contribution is 0.0848.